The highest BCUT2D eigenvalue weighted by Gasteiger charge is 2.29. The Balaban J connectivity index is 2.07. The number of carbonyl (C=O) groups excluding carboxylic acids is 3. The second-order valence-electron chi connectivity index (χ2n) is 5.05. The SMILES string of the molecule is CCCCCCCCCCN1C(=O)CC(=O)NC1=O. The van der Waals surface area contributed by atoms with E-state index in [-0.39, 0.29) is 12.3 Å². The highest BCUT2D eigenvalue weighted by Crippen LogP contribution is 2.10. The van der Waals surface area contributed by atoms with Crippen molar-refractivity contribution < 1.29 is 14.4 Å². The van der Waals surface area contributed by atoms with Gasteiger partial charge in [-0.05, 0) is 6.42 Å². The third kappa shape index (κ3) is 5.85. The maximum absolute atomic E-state index is 11.5. The molecule has 5 heteroatoms. The molecule has 0 aromatic rings. The van der Waals surface area contributed by atoms with E-state index in [1.165, 1.54) is 32.1 Å². The number of carbonyl (C=O) groups is 3. The van der Waals surface area contributed by atoms with Gasteiger partial charge in [0, 0.05) is 6.54 Å². The number of rotatable bonds is 9. The third-order valence-electron chi connectivity index (χ3n) is 3.34. The van der Waals surface area contributed by atoms with Crippen LogP contribution in [-0.4, -0.2) is 29.3 Å². The molecule has 1 saturated heterocycles. The minimum absolute atomic E-state index is 0.206. The average molecular weight is 268 g/mol. The van der Waals surface area contributed by atoms with E-state index in [2.05, 4.69) is 12.2 Å². The van der Waals surface area contributed by atoms with Crippen LogP contribution in [0.25, 0.3) is 0 Å². The summed E-state index contributed by atoms with van der Waals surface area (Å²) in [6.07, 6.45) is 9.13. The molecule has 0 saturated carbocycles. The largest absolute Gasteiger partial charge is 0.330 e. The van der Waals surface area contributed by atoms with Crippen LogP contribution < -0.4 is 5.32 Å². The first-order valence-electron chi connectivity index (χ1n) is 7.29. The number of urea groups is 1. The zero-order valence-electron chi connectivity index (χ0n) is 11.7. The van der Waals surface area contributed by atoms with Crippen LogP contribution in [0.15, 0.2) is 0 Å². The van der Waals surface area contributed by atoms with Gasteiger partial charge < -0.3 is 0 Å². The van der Waals surface area contributed by atoms with Crippen molar-refractivity contribution in [2.24, 2.45) is 0 Å². The molecule has 0 aromatic heterocycles. The van der Waals surface area contributed by atoms with Crippen molar-refractivity contribution in [3.05, 3.63) is 0 Å². The van der Waals surface area contributed by atoms with Crippen LogP contribution in [0, 0.1) is 0 Å². The number of hydrogen-bond acceptors (Lipinski definition) is 3. The van der Waals surface area contributed by atoms with Gasteiger partial charge in [0.1, 0.15) is 6.42 Å². The molecule has 0 atom stereocenters. The molecule has 1 rings (SSSR count). The highest BCUT2D eigenvalue weighted by molar-refractivity contribution is 6.14. The van der Waals surface area contributed by atoms with Gasteiger partial charge in [-0.25, -0.2) is 4.79 Å². The Morgan fingerprint density at radius 2 is 1.53 bits per heavy atom. The number of amides is 4. The van der Waals surface area contributed by atoms with E-state index in [1.807, 2.05) is 0 Å². The number of imide groups is 2. The first-order chi connectivity index (χ1) is 9.15. The molecule has 1 N–H and O–H groups in total. The predicted octanol–water partition coefficient (Wildman–Crippen LogP) is 2.60. The molecule has 108 valence electrons. The minimum atomic E-state index is -0.566. The van der Waals surface area contributed by atoms with Crippen LogP contribution in [0.4, 0.5) is 4.79 Å². The molecule has 1 fully saturated rings. The summed E-state index contributed by atoms with van der Waals surface area (Å²) in [6.45, 7) is 2.62. The molecular formula is C14H24N2O3. The molecule has 0 unspecified atom stereocenters. The van der Waals surface area contributed by atoms with E-state index in [0.29, 0.717) is 6.54 Å². The minimum Gasteiger partial charge on any atom is -0.277 e. The third-order valence-corrected chi connectivity index (χ3v) is 3.34. The van der Waals surface area contributed by atoms with E-state index in [4.69, 9.17) is 0 Å². The molecule has 0 spiro atoms. The second-order valence-corrected chi connectivity index (χ2v) is 5.05. The van der Waals surface area contributed by atoms with E-state index >= 15 is 0 Å². The van der Waals surface area contributed by atoms with Crippen molar-refractivity contribution >= 4 is 17.8 Å². The molecule has 1 aliphatic heterocycles. The van der Waals surface area contributed by atoms with Gasteiger partial charge in [-0.2, -0.15) is 0 Å². The summed E-state index contributed by atoms with van der Waals surface area (Å²) in [7, 11) is 0. The molecule has 0 aromatic carbocycles. The molecule has 1 heterocycles. The Morgan fingerprint density at radius 1 is 0.947 bits per heavy atom. The first kappa shape index (κ1) is 15.7. The monoisotopic (exact) mass is 268 g/mol. The molecule has 4 amide bonds. The van der Waals surface area contributed by atoms with Crippen molar-refractivity contribution in [3.8, 4) is 0 Å². The van der Waals surface area contributed by atoms with Crippen molar-refractivity contribution in [2.75, 3.05) is 6.54 Å². The second kappa shape index (κ2) is 8.67. The topological polar surface area (TPSA) is 66.5 Å². The number of nitrogens with zero attached hydrogens (tertiary/aromatic N) is 1. The quantitative estimate of drug-likeness (QED) is 0.516. The number of barbiturate groups is 1. The Hall–Kier alpha value is -1.39. The van der Waals surface area contributed by atoms with Gasteiger partial charge in [0.25, 0.3) is 0 Å². The summed E-state index contributed by atoms with van der Waals surface area (Å²) < 4.78 is 0. The Kier molecular flexibility index (Phi) is 7.15. The predicted molar refractivity (Wildman–Crippen MR) is 72.5 cm³/mol. The summed E-state index contributed by atoms with van der Waals surface area (Å²) in [6, 6.07) is -0.566. The van der Waals surface area contributed by atoms with Crippen LogP contribution in [-0.2, 0) is 9.59 Å². The maximum atomic E-state index is 11.5. The van der Waals surface area contributed by atoms with Gasteiger partial charge in [-0.15, -0.1) is 0 Å². The normalized spacial score (nSPS) is 15.8. The van der Waals surface area contributed by atoms with Gasteiger partial charge in [-0.3, -0.25) is 19.8 Å². The summed E-state index contributed by atoms with van der Waals surface area (Å²) in [5.74, 6) is -0.876. The average Bonchev–Trinajstić information content (AvgIpc) is 2.35. The summed E-state index contributed by atoms with van der Waals surface area (Å²) in [5, 5.41) is 2.16. The summed E-state index contributed by atoms with van der Waals surface area (Å²) in [4.78, 5) is 35.0. The fraction of sp³-hybridized carbons (Fsp3) is 0.786. The number of unbranched alkanes of at least 4 members (excludes halogenated alkanes) is 7. The molecule has 19 heavy (non-hydrogen) atoms. The Morgan fingerprint density at radius 3 is 2.11 bits per heavy atom. The van der Waals surface area contributed by atoms with Gasteiger partial charge in [0.15, 0.2) is 0 Å². The molecule has 0 radical (unpaired) electrons. The first-order valence-corrected chi connectivity index (χ1v) is 7.29. The van der Waals surface area contributed by atoms with Crippen LogP contribution in [0.1, 0.15) is 64.7 Å². The summed E-state index contributed by atoms with van der Waals surface area (Å²) >= 11 is 0. The van der Waals surface area contributed by atoms with Crippen LogP contribution in [0.2, 0.25) is 0 Å². The van der Waals surface area contributed by atoms with Crippen molar-refractivity contribution in [1.82, 2.24) is 10.2 Å². The van der Waals surface area contributed by atoms with Crippen LogP contribution in [0.5, 0.6) is 0 Å². The lowest BCUT2D eigenvalue weighted by atomic mass is 10.1. The van der Waals surface area contributed by atoms with Crippen molar-refractivity contribution in [2.45, 2.75) is 64.7 Å². The number of nitrogens with one attached hydrogen (secondary N) is 1. The molecule has 1 aliphatic rings. The van der Waals surface area contributed by atoms with Gasteiger partial charge in [-0.1, -0.05) is 51.9 Å². The van der Waals surface area contributed by atoms with Gasteiger partial charge in [0.05, 0.1) is 0 Å². The van der Waals surface area contributed by atoms with Gasteiger partial charge >= 0.3 is 6.03 Å². The molecule has 5 nitrogen and oxygen atoms in total. The van der Waals surface area contributed by atoms with Crippen molar-refractivity contribution in [1.29, 1.82) is 0 Å². The standard InChI is InChI=1S/C14H24N2O3/c1-2-3-4-5-6-7-8-9-10-16-13(18)11-12(17)15-14(16)19/h2-11H2,1H3,(H,15,17,19). The fourth-order valence-corrected chi connectivity index (χ4v) is 2.21. The lowest BCUT2D eigenvalue weighted by molar-refractivity contribution is -0.136. The number of hydrogen-bond donors (Lipinski definition) is 1. The lowest BCUT2D eigenvalue weighted by Crippen LogP contribution is -2.52. The maximum Gasteiger partial charge on any atom is 0.330 e. The smallest absolute Gasteiger partial charge is 0.277 e. The van der Waals surface area contributed by atoms with E-state index in [1.54, 1.807) is 0 Å². The summed E-state index contributed by atoms with van der Waals surface area (Å²) in [5.41, 5.74) is 0. The van der Waals surface area contributed by atoms with Gasteiger partial charge in [0.2, 0.25) is 11.8 Å². The lowest BCUT2D eigenvalue weighted by Gasteiger charge is -2.24. The zero-order valence-corrected chi connectivity index (χ0v) is 11.7. The fourth-order valence-electron chi connectivity index (χ4n) is 2.21. The van der Waals surface area contributed by atoms with E-state index in [9.17, 15) is 14.4 Å². The highest BCUT2D eigenvalue weighted by atomic mass is 16.2. The Bertz CT molecular complexity index is 309. The van der Waals surface area contributed by atoms with Crippen LogP contribution in [0.3, 0.4) is 0 Å². The van der Waals surface area contributed by atoms with E-state index in [0.717, 1.165) is 24.2 Å². The zero-order chi connectivity index (χ0) is 14.1. The molecular weight excluding hydrogens is 244 g/mol. The van der Waals surface area contributed by atoms with Crippen LogP contribution >= 0.6 is 0 Å². The Labute approximate surface area is 114 Å². The van der Waals surface area contributed by atoms with Crippen molar-refractivity contribution in [3.63, 3.8) is 0 Å². The van der Waals surface area contributed by atoms with E-state index < -0.39 is 11.9 Å². The molecule has 0 aliphatic carbocycles. The molecule has 0 bridgehead atoms.